The van der Waals surface area contributed by atoms with Crippen LogP contribution in [0.1, 0.15) is 47.8 Å². The molecule has 6 nitrogen and oxygen atoms in total. The molecule has 2 heterocycles. The number of carbonyl (C=O) groups is 1. The number of anilines is 2. The SMILES string of the molecule is CCC(=O)Nc1nc(C)nc(NC(C)CCc2sc(C)cc2C)n1. The van der Waals surface area contributed by atoms with Crippen LogP contribution < -0.4 is 10.6 Å². The molecule has 7 heteroatoms. The van der Waals surface area contributed by atoms with Crippen molar-refractivity contribution in [3.8, 4) is 0 Å². The summed E-state index contributed by atoms with van der Waals surface area (Å²) in [6.45, 7) is 9.99. The molecule has 24 heavy (non-hydrogen) atoms. The van der Waals surface area contributed by atoms with Gasteiger partial charge in [-0.2, -0.15) is 15.0 Å². The monoisotopic (exact) mass is 347 g/mol. The van der Waals surface area contributed by atoms with Crippen LogP contribution in [-0.4, -0.2) is 26.9 Å². The van der Waals surface area contributed by atoms with Crippen LogP contribution >= 0.6 is 11.3 Å². The molecule has 2 aromatic heterocycles. The molecule has 1 unspecified atom stereocenters. The standard InChI is InChI=1S/C17H25N5OS/c1-6-15(23)21-17-20-13(5)19-16(22-17)18-11(3)7-8-14-10(2)9-12(4)24-14/h9,11H,6-8H2,1-5H3,(H2,18,19,20,21,22,23). The lowest BCUT2D eigenvalue weighted by atomic mass is 10.1. The maximum absolute atomic E-state index is 11.5. The molecule has 0 saturated carbocycles. The summed E-state index contributed by atoms with van der Waals surface area (Å²) in [7, 11) is 0. The maximum atomic E-state index is 11.5. The summed E-state index contributed by atoms with van der Waals surface area (Å²) >= 11 is 1.86. The minimum atomic E-state index is -0.108. The van der Waals surface area contributed by atoms with Gasteiger partial charge in [0.1, 0.15) is 5.82 Å². The predicted molar refractivity (Wildman–Crippen MR) is 98.7 cm³/mol. The van der Waals surface area contributed by atoms with Crippen molar-refractivity contribution in [1.82, 2.24) is 15.0 Å². The van der Waals surface area contributed by atoms with E-state index in [0.717, 1.165) is 12.8 Å². The third-order valence-electron chi connectivity index (χ3n) is 3.64. The highest BCUT2D eigenvalue weighted by Gasteiger charge is 2.11. The van der Waals surface area contributed by atoms with Crippen molar-refractivity contribution >= 4 is 29.1 Å². The predicted octanol–water partition coefficient (Wildman–Crippen LogP) is 3.64. The van der Waals surface area contributed by atoms with E-state index in [1.54, 1.807) is 13.8 Å². The number of thiophene rings is 1. The van der Waals surface area contributed by atoms with Gasteiger partial charge in [0, 0.05) is 22.2 Å². The quantitative estimate of drug-likeness (QED) is 0.799. The van der Waals surface area contributed by atoms with Crippen LogP contribution in [0.4, 0.5) is 11.9 Å². The van der Waals surface area contributed by atoms with Crippen LogP contribution in [0.3, 0.4) is 0 Å². The van der Waals surface area contributed by atoms with Gasteiger partial charge in [0.05, 0.1) is 0 Å². The summed E-state index contributed by atoms with van der Waals surface area (Å²) in [6, 6.07) is 2.46. The molecule has 130 valence electrons. The Morgan fingerprint density at radius 1 is 1.21 bits per heavy atom. The van der Waals surface area contributed by atoms with Crippen molar-refractivity contribution in [1.29, 1.82) is 0 Å². The van der Waals surface area contributed by atoms with E-state index in [0.29, 0.717) is 24.1 Å². The fraction of sp³-hybridized carbons (Fsp3) is 0.529. The van der Waals surface area contributed by atoms with Gasteiger partial charge in [0.2, 0.25) is 17.8 Å². The Labute approximate surface area is 147 Å². The Bertz CT molecular complexity index is 713. The molecule has 0 saturated heterocycles. The Morgan fingerprint density at radius 3 is 2.54 bits per heavy atom. The highest BCUT2D eigenvalue weighted by Crippen LogP contribution is 2.23. The second kappa shape index (κ2) is 8.19. The highest BCUT2D eigenvalue weighted by molar-refractivity contribution is 7.12. The summed E-state index contributed by atoms with van der Waals surface area (Å²) < 4.78 is 0. The average molecular weight is 347 g/mol. The van der Waals surface area contributed by atoms with Gasteiger partial charge in [-0.15, -0.1) is 11.3 Å². The normalized spacial score (nSPS) is 12.0. The molecule has 2 rings (SSSR count). The number of nitrogens with one attached hydrogen (secondary N) is 2. The Morgan fingerprint density at radius 2 is 1.92 bits per heavy atom. The molecule has 0 aromatic carbocycles. The smallest absolute Gasteiger partial charge is 0.234 e. The Kier molecular flexibility index (Phi) is 6.25. The first kappa shape index (κ1) is 18.3. The highest BCUT2D eigenvalue weighted by atomic mass is 32.1. The largest absolute Gasteiger partial charge is 0.352 e. The molecule has 0 spiro atoms. The number of hydrogen-bond donors (Lipinski definition) is 2. The van der Waals surface area contributed by atoms with Gasteiger partial charge in [0.25, 0.3) is 0 Å². The van der Waals surface area contributed by atoms with E-state index in [-0.39, 0.29) is 11.9 Å². The van der Waals surface area contributed by atoms with Gasteiger partial charge in [-0.3, -0.25) is 10.1 Å². The summed E-state index contributed by atoms with van der Waals surface area (Å²) in [5, 5.41) is 5.98. The van der Waals surface area contributed by atoms with Crippen molar-refractivity contribution < 1.29 is 4.79 Å². The van der Waals surface area contributed by atoms with Gasteiger partial charge in [0.15, 0.2) is 0 Å². The second-order valence-corrected chi connectivity index (χ2v) is 7.32. The van der Waals surface area contributed by atoms with Crippen molar-refractivity contribution in [2.45, 2.75) is 59.9 Å². The zero-order valence-corrected chi connectivity index (χ0v) is 15.8. The molecule has 2 aromatic rings. The molecular weight excluding hydrogens is 322 g/mol. The van der Waals surface area contributed by atoms with Crippen molar-refractivity contribution in [3.63, 3.8) is 0 Å². The van der Waals surface area contributed by atoms with Crippen LogP contribution in [0.2, 0.25) is 0 Å². The first-order valence-corrected chi connectivity index (χ1v) is 9.04. The fourth-order valence-corrected chi connectivity index (χ4v) is 3.46. The summed E-state index contributed by atoms with van der Waals surface area (Å²) in [5.41, 5.74) is 1.37. The van der Waals surface area contributed by atoms with E-state index in [1.165, 1.54) is 15.3 Å². The van der Waals surface area contributed by atoms with Gasteiger partial charge in [-0.05, 0) is 52.2 Å². The van der Waals surface area contributed by atoms with Gasteiger partial charge in [-0.1, -0.05) is 6.92 Å². The van der Waals surface area contributed by atoms with E-state index < -0.39 is 0 Å². The molecule has 0 bridgehead atoms. The lowest BCUT2D eigenvalue weighted by Crippen LogP contribution is -2.20. The van der Waals surface area contributed by atoms with Gasteiger partial charge < -0.3 is 5.32 Å². The van der Waals surface area contributed by atoms with E-state index in [4.69, 9.17) is 0 Å². The Hall–Kier alpha value is -2.02. The van der Waals surface area contributed by atoms with Crippen LogP contribution in [0.25, 0.3) is 0 Å². The number of aromatic nitrogens is 3. The molecule has 0 aliphatic heterocycles. The second-order valence-electron chi connectivity index (χ2n) is 5.98. The zero-order valence-electron chi connectivity index (χ0n) is 14.9. The van der Waals surface area contributed by atoms with E-state index >= 15 is 0 Å². The number of carbonyl (C=O) groups excluding carboxylic acids is 1. The van der Waals surface area contributed by atoms with E-state index in [1.807, 2.05) is 11.3 Å². The molecule has 1 amide bonds. The van der Waals surface area contributed by atoms with Crippen molar-refractivity contribution in [2.24, 2.45) is 0 Å². The van der Waals surface area contributed by atoms with E-state index in [9.17, 15) is 4.79 Å². The topological polar surface area (TPSA) is 79.8 Å². The number of nitrogens with zero attached hydrogens (tertiary/aromatic N) is 3. The average Bonchev–Trinajstić information content (AvgIpc) is 2.82. The van der Waals surface area contributed by atoms with Crippen LogP contribution in [0.5, 0.6) is 0 Å². The van der Waals surface area contributed by atoms with E-state index in [2.05, 4.69) is 52.4 Å². The minimum absolute atomic E-state index is 0.108. The van der Waals surface area contributed by atoms with Gasteiger partial charge >= 0.3 is 0 Å². The molecule has 0 aliphatic carbocycles. The first-order chi connectivity index (χ1) is 11.4. The number of rotatable bonds is 7. The van der Waals surface area contributed by atoms with Gasteiger partial charge in [-0.25, -0.2) is 0 Å². The van der Waals surface area contributed by atoms with Crippen LogP contribution in [0.15, 0.2) is 6.07 Å². The molecule has 0 fully saturated rings. The lowest BCUT2D eigenvalue weighted by Gasteiger charge is -2.14. The molecule has 1 atom stereocenters. The maximum Gasteiger partial charge on any atom is 0.234 e. The fourth-order valence-electron chi connectivity index (χ4n) is 2.39. The molecule has 0 aliphatic rings. The number of amides is 1. The summed E-state index contributed by atoms with van der Waals surface area (Å²) in [5.74, 6) is 1.27. The Balaban J connectivity index is 1.96. The van der Waals surface area contributed by atoms with Crippen LogP contribution in [-0.2, 0) is 11.2 Å². The molecule has 2 N–H and O–H groups in total. The van der Waals surface area contributed by atoms with Crippen molar-refractivity contribution in [3.05, 3.63) is 27.2 Å². The third kappa shape index (κ3) is 5.26. The first-order valence-electron chi connectivity index (χ1n) is 8.22. The minimum Gasteiger partial charge on any atom is -0.352 e. The number of hydrogen-bond acceptors (Lipinski definition) is 6. The molecular formula is C17H25N5OS. The zero-order chi connectivity index (χ0) is 17.7. The summed E-state index contributed by atoms with van der Waals surface area (Å²) in [4.78, 5) is 27.0. The summed E-state index contributed by atoms with van der Waals surface area (Å²) in [6.07, 6.45) is 2.41. The molecule has 0 radical (unpaired) electrons. The van der Waals surface area contributed by atoms with Crippen LogP contribution in [0, 0.1) is 20.8 Å². The third-order valence-corrected chi connectivity index (χ3v) is 4.86. The van der Waals surface area contributed by atoms with Crippen molar-refractivity contribution in [2.75, 3.05) is 10.6 Å². The number of aryl methyl sites for hydroxylation is 4. The lowest BCUT2D eigenvalue weighted by molar-refractivity contribution is -0.115.